The minimum Gasteiger partial charge on any atom is -0.0619 e. The van der Waals surface area contributed by atoms with Gasteiger partial charge in [0.25, 0.3) is 0 Å². The fourth-order valence-corrected chi connectivity index (χ4v) is 7.07. The fourth-order valence-electron chi connectivity index (χ4n) is 6.49. The number of hydrogen-bond acceptors (Lipinski definition) is 0. The van der Waals surface area contributed by atoms with E-state index in [9.17, 15) is 0 Å². The van der Waals surface area contributed by atoms with Crippen LogP contribution in [0.5, 0.6) is 0 Å². The zero-order valence-corrected chi connectivity index (χ0v) is 17.4. The molecule has 0 N–H and O–H groups in total. The zero-order chi connectivity index (χ0) is 17.7. The predicted molar refractivity (Wildman–Crippen MR) is 113 cm³/mol. The Morgan fingerprint density at radius 3 is 2.12 bits per heavy atom. The molecule has 0 aliphatic heterocycles. The van der Waals surface area contributed by atoms with E-state index in [4.69, 9.17) is 0 Å². The summed E-state index contributed by atoms with van der Waals surface area (Å²) in [5.74, 6) is 2.66. The van der Waals surface area contributed by atoms with E-state index in [1.807, 2.05) is 0 Å². The molecule has 6 rings (SSSR count). The Labute approximate surface area is 166 Å². The van der Waals surface area contributed by atoms with Gasteiger partial charge >= 0.3 is 0 Å². The number of halogens is 1. The van der Waals surface area contributed by atoms with E-state index < -0.39 is 0 Å². The molecule has 0 nitrogen and oxygen atoms in total. The van der Waals surface area contributed by atoms with Gasteiger partial charge in [-0.1, -0.05) is 97.8 Å². The van der Waals surface area contributed by atoms with Crippen LogP contribution in [0.4, 0.5) is 0 Å². The van der Waals surface area contributed by atoms with Crippen LogP contribution in [-0.4, -0.2) is 0 Å². The highest BCUT2D eigenvalue weighted by molar-refractivity contribution is 9.10. The van der Waals surface area contributed by atoms with Gasteiger partial charge in [0, 0.05) is 15.5 Å². The zero-order valence-electron chi connectivity index (χ0n) is 15.8. The van der Waals surface area contributed by atoms with E-state index in [1.165, 1.54) is 67.0 Å². The van der Waals surface area contributed by atoms with Gasteiger partial charge in [0.2, 0.25) is 0 Å². The third-order valence-electron chi connectivity index (χ3n) is 7.83. The maximum Gasteiger partial charge on any atom is 0.0256 e. The highest BCUT2D eigenvalue weighted by Crippen LogP contribution is 2.58. The van der Waals surface area contributed by atoms with E-state index >= 15 is 0 Å². The molecule has 26 heavy (non-hydrogen) atoms. The number of rotatable bonds is 1. The van der Waals surface area contributed by atoms with E-state index in [-0.39, 0.29) is 5.41 Å². The molecule has 0 heterocycles. The lowest BCUT2D eigenvalue weighted by Crippen LogP contribution is -2.36. The first-order valence-electron chi connectivity index (χ1n) is 10.6. The first-order valence-corrected chi connectivity index (χ1v) is 11.4. The topological polar surface area (TPSA) is 0 Å². The molecule has 0 spiro atoms. The van der Waals surface area contributed by atoms with Gasteiger partial charge in [-0.05, 0) is 53.4 Å². The first-order chi connectivity index (χ1) is 12.7. The minimum absolute atomic E-state index is 0.168. The summed E-state index contributed by atoms with van der Waals surface area (Å²) in [5.41, 5.74) is 6.23. The summed E-state index contributed by atoms with van der Waals surface area (Å²) in [7, 11) is 0. The Hall–Kier alpha value is -1.08. The van der Waals surface area contributed by atoms with Crippen molar-refractivity contribution in [2.24, 2.45) is 17.8 Å². The van der Waals surface area contributed by atoms with Crippen LogP contribution >= 0.6 is 15.9 Å². The van der Waals surface area contributed by atoms with Gasteiger partial charge in [0.1, 0.15) is 0 Å². The first kappa shape index (κ1) is 17.0. The largest absolute Gasteiger partial charge is 0.0619 e. The van der Waals surface area contributed by atoms with Gasteiger partial charge in [0.05, 0.1) is 0 Å². The Morgan fingerprint density at radius 1 is 0.808 bits per heavy atom. The monoisotopic (exact) mass is 408 g/mol. The van der Waals surface area contributed by atoms with Crippen molar-refractivity contribution in [3.05, 3.63) is 58.1 Å². The highest BCUT2D eigenvalue weighted by atomic mass is 79.9. The Morgan fingerprint density at radius 2 is 1.42 bits per heavy atom. The van der Waals surface area contributed by atoms with Crippen molar-refractivity contribution in [3.8, 4) is 11.1 Å². The van der Waals surface area contributed by atoms with Crippen LogP contribution < -0.4 is 0 Å². The van der Waals surface area contributed by atoms with Crippen molar-refractivity contribution < 1.29 is 0 Å². The van der Waals surface area contributed by atoms with Gasteiger partial charge in [0.15, 0.2) is 0 Å². The molecule has 0 amide bonds. The normalized spacial score (nSPS) is 33.1. The summed E-state index contributed by atoms with van der Waals surface area (Å²) >= 11 is 3.87. The second-order valence-corrected chi connectivity index (χ2v) is 10.0. The van der Waals surface area contributed by atoms with E-state index in [2.05, 4.69) is 65.3 Å². The number of benzene rings is 2. The second kappa shape index (κ2) is 6.51. The maximum atomic E-state index is 3.87. The molecular weight excluding hydrogens is 380 g/mol. The Bertz CT molecular complexity index is 799. The Balaban J connectivity index is 1.67. The molecule has 1 heteroatoms. The molecule has 136 valence electrons. The standard InChI is InChI=1S/C25H29Br/c1-25(19-15-17-7-4-8-18(16-19)10-5-9-17)21-12-3-2-11-20(21)24-22(25)13-6-14-23(24)26/h2-3,6,11-14,17-19H,4-5,7-10,15-16H2,1H3. The smallest absolute Gasteiger partial charge is 0.0256 e. The van der Waals surface area contributed by atoms with Crippen molar-refractivity contribution in [2.45, 2.75) is 63.7 Å². The van der Waals surface area contributed by atoms with Crippen molar-refractivity contribution >= 4 is 15.9 Å². The molecule has 0 aromatic heterocycles. The summed E-state index contributed by atoms with van der Waals surface area (Å²) in [6.45, 7) is 2.56. The van der Waals surface area contributed by atoms with Crippen molar-refractivity contribution in [1.82, 2.24) is 0 Å². The number of fused-ring (bicyclic) bond motifs is 9. The van der Waals surface area contributed by atoms with Gasteiger partial charge in [-0.25, -0.2) is 0 Å². The van der Waals surface area contributed by atoms with Gasteiger partial charge in [-0.2, -0.15) is 0 Å². The van der Waals surface area contributed by atoms with E-state index in [1.54, 1.807) is 11.1 Å². The minimum atomic E-state index is 0.168. The van der Waals surface area contributed by atoms with E-state index in [0.717, 1.165) is 17.8 Å². The predicted octanol–water partition coefficient (Wildman–Crippen LogP) is 7.73. The number of hydrogen-bond donors (Lipinski definition) is 0. The summed E-state index contributed by atoms with van der Waals surface area (Å²) in [6.07, 6.45) is 11.7. The van der Waals surface area contributed by atoms with Crippen LogP contribution in [0.2, 0.25) is 0 Å². The average molecular weight is 409 g/mol. The fraction of sp³-hybridized carbons (Fsp3) is 0.520. The summed E-state index contributed by atoms with van der Waals surface area (Å²) in [4.78, 5) is 0. The van der Waals surface area contributed by atoms with Crippen LogP contribution in [0.25, 0.3) is 11.1 Å². The average Bonchev–Trinajstić information content (AvgIpc) is 2.85. The van der Waals surface area contributed by atoms with Crippen molar-refractivity contribution in [1.29, 1.82) is 0 Å². The SMILES string of the molecule is CC1(C2CC3CCCC(CCC3)C2)c2ccccc2-c2c(Br)cccc21. The lowest BCUT2D eigenvalue weighted by molar-refractivity contribution is 0.151. The highest BCUT2D eigenvalue weighted by Gasteiger charge is 2.47. The van der Waals surface area contributed by atoms with Gasteiger partial charge < -0.3 is 0 Å². The van der Waals surface area contributed by atoms with Crippen LogP contribution in [-0.2, 0) is 5.41 Å². The lowest BCUT2D eigenvalue weighted by atomic mass is 9.61. The lowest BCUT2D eigenvalue weighted by Gasteiger charge is -2.43. The van der Waals surface area contributed by atoms with Crippen LogP contribution in [0.1, 0.15) is 69.4 Å². The quantitative estimate of drug-likeness (QED) is 0.452. The van der Waals surface area contributed by atoms with Crippen molar-refractivity contribution in [2.75, 3.05) is 0 Å². The van der Waals surface area contributed by atoms with Gasteiger partial charge in [-0.3, -0.25) is 0 Å². The molecule has 0 radical (unpaired) electrons. The Kier molecular flexibility index (Phi) is 4.27. The summed E-state index contributed by atoms with van der Waals surface area (Å²) in [5, 5.41) is 0. The summed E-state index contributed by atoms with van der Waals surface area (Å²) < 4.78 is 1.26. The molecule has 3 fully saturated rings. The maximum absolute atomic E-state index is 3.87. The third kappa shape index (κ3) is 2.53. The molecular formula is C25H29Br. The third-order valence-corrected chi connectivity index (χ3v) is 8.49. The second-order valence-electron chi connectivity index (χ2n) is 9.17. The molecule has 4 aliphatic rings. The molecule has 1 unspecified atom stereocenters. The van der Waals surface area contributed by atoms with Crippen LogP contribution in [0, 0.1) is 17.8 Å². The molecule has 4 aliphatic carbocycles. The van der Waals surface area contributed by atoms with Gasteiger partial charge in [-0.15, -0.1) is 0 Å². The van der Waals surface area contributed by atoms with Crippen LogP contribution in [0.3, 0.4) is 0 Å². The molecule has 2 aromatic carbocycles. The molecule has 2 aromatic rings. The van der Waals surface area contributed by atoms with Crippen LogP contribution in [0.15, 0.2) is 46.9 Å². The molecule has 1 atom stereocenters. The molecule has 3 saturated carbocycles. The summed E-state index contributed by atoms with van der Waals surface area (Å²) in [6, 6.07) is 16.1. The molecule has 0 saturated heterocycles. The van der Waals surface area contributed by atoms with Crippen molar-refractivity contribution in [3.63, 3.8) is 0 Å². The molecule has 2 bridgehead atoms. The van der Waals surface area contributed by atoms with E-state index in [0.29, 0.717) is 0 Å².